The van der Waals surface area contributed by atoms with Crippen LogP contribution in [-0.4, -0.2) is 29.2 Å². The SMILES string of the molecule is CCC(C)OP(=O)(O)C#CCN1C(=O)C(=O)Cc2cc(C(F)(F)F)ccc21. The van der Waals surface area contributed by atoms with Gasteiger partial charge in [-0.05, 0) is 37.1 Å². The first-order chi connectivity index (χ1) is 12.4. The van der Waals surface area contributed by atoms with Crippen molar-refractivity contribution in [2.45, 2.75) is 39.0 Å². The third-order valence-corrected chi connectivity index (χ3v) is 4.97. The van der Waals surface area contributed by atoms with Crippen LogP contribution in [0.1, 0.15) is 31.4 Å². The molecule has 1 N–H and O–H groups in total. The molecule has 0 fully saturated rings. The molecule has 2 atom stereocenters. The number of hydrogen-bond acceptors (Lipinski definition) is 4. The molecule has 2 rings (SSSR count). The van der Waals surface area contributed by atoms with Gasteiger partial charge in [-0.3, -0.25) is 19.0 Å². The van der Waals surface area contributed by atoms with Crippen LogP contribution in [0.3, 0.4) is 0 Å². The Morgan fingerprint density at radius 1 is 1.37 bits per heavy atom. The first-order valence-corrected chi connectivity index (χ1v) is 9.58. The van der Waals surface area contributed by atoms with Gasteiger partial charge in [0.05, 0.1) is 18.2 Å². The molecule has 1 heterocycles. The molecule has 2 unspecified atom stereocenters. The average Bonchev–Trinajstić information content (AvgIpc) is 2.56. The molecule has 0 bridgehead atoms. The van der Waals surface area contributed by atoms with Crippen molar-refractivity contribution in [3.63, 3.8) is 0 Å². The van der Waals surface area contributed by atoms with Crippen LogP contribution in [-0.2, 0) is 31.3 Å². The van der Waals surface area contributed by atoms with E-state index in [0.29, 0.717) is 6.42 Å². The van der Waals surface area contributed by atoms with Crippen LogP contribution in [0.2, 0.25) is 0 Å². The van der Waals surface area contributed by atoms with Gasteiger partial charge in [0.25, 0.3) is 5.91 Å². The predicted molar refractivity (Wildman–Crippen MR) is 90.9 cm³/mol. The first-order valence-electron chi connectivity index (χ1n) is 8.00. The van der Waals surface area contributed by atoms with Crippen LogP contribution < -0.4 is 4.90 Å². The lowest BCUT2D eigenvalue weighted by atomic mass is 9.97. The number of rotatable bonds is 4. The van der Waals surface area contributed by atoms with E-state index in [2.05, 4.69) is 5.92 Å². The molecular formula is C17H17F3NO5P. The molecule has 1 aromatic carbocycles. The highest BCUT2D eigenvalue weighted by molar-refractivity contribution is 7.58. The van der Waals surface area contributed by atoms with Crippen molar-refractivity contribution in [1.29, 1.82) is 0 Å². The topological polar surface area (TPSA) is 83.9 Å². The minimum atomic E-state index is -4.58. The summed E-state index contributed by atoms with van der Waals surface area (Å²) in [5.74, 6) is 0.484. The second-order valence-electron chi connectivity index (χ2n) is 5.97. The summed E-state index contributed by atoms with van der Waals surface area (Å²) >= 11 is 0. The molecule has 6 nitrogen and oxygen atoms in total. The van der Waals surface area contributed by atoms with E-state index in [1.54, 1.807) is 13.8 Å². The molecule has 1 aromatic rings. The molecule has 10 heteroatoms. The fraction of sp³-hybridized carbons (Fsp3) is 0.412. The van der Waals surface area contributed by atoms with Gasteiger partial charge < -0.3 is 4.89 Å². The Hall–Kier alpha value is -2.14. The van der Waals surface area contributed by atoms with Gasteiger partial charge in [-0.15, -0.1) is 0 Å². The van der Waals surface area contributed by atoms with E-state index in [9.17, 15) is 32.2 Å². The van der Waals surface area contributed by atoms with Gasteiger partial charge in [0.15, 0.2) is 0 Å². The van der Waals surface area contributed by atoms with Gasteiger partial charge in [-0.1, -0.05) is 12.8 Å². The second kappa shape index (κ2) is 7.85. The number of carbonyl (C=O) groups is 2. The van der Waals surface area contributed by atoms with Gasteiger partial charge in [-0.2, -0.15) is 13.2 Å². The minimum absolute atomic E-state index is 0.0410. The number of anilines is 1. The van der Waals surface area contributed by atoms with Crippen LogP contribution in [0.5, 0.6) is 0 Å². The van der Waals surface area contributed by atoms with Crippen LogP contribution in [0, 0.1) is 11.6 Å². The Labute approximate surface area is 153 Å². The number of hydrogen-bond donors (Lipinski definition) is 1. The van der Waals surface area contributed by atoms with Gasteiger partial charge in [0.2, 0.25) is 5.78 Å². The molecule has 0 saturated heterocycles. The molecule has 1 amide bonds. The summed E-state index contributed by atoms with van der Waals surface area (Å²) in [6.45, 7) is 2.91. The summed E-state index contributed by atoms with van der Waals surface area (Å²) < 4.78 is 55.2. The Morgan fingerprint density at radius 2 is 2.04 bits per heavy atom. The zero-order valence-corrected chi connectivity index (χ0v) is 15.4. The molecule has 0 radical (unpaired) electrons. The Kier molecular flexibility index (Phi) is 6.15. The molecule has 1 aliphatic heterocycles. The molecule has 27 heavy (non-hydrogen) atoms. The fourth-order valence-electron chi connectivity index (χ4n) is 2.39. The Balaban J connectivity index is 2.29. The molecule has 0 spiro atoms. The van der Waals surface area contributed by atoms with Crippen LogP contribution in [0.15, 0.2) is 18.2 Å². The van der Waals surface area contributed by atoms with E-state index < -0.39 is 50.1 Å². The number of fused-ring (bicyclic) bond motifs is 1. The Morgan fingerprint density at radius 3 is 2.63 bits per heavy atom. The van der Waals surface area contributed by atoms with Gasteiger partial charge in [0.1, 0.15) is 0 Å². The molecule has 0 saturated carbocycles. The standard InChI is InChI=1S/C17H17F3NO5P/c1-3-11(2)26-27(24,25)8-4-7-21-14-6-5-13(17(18,19)20)9-12(14)10-15(22)16(21)23/h5-6,9,11H,3,7,10H2,1-2H3,(H,24,25). The van der Waals surface area contributed by atoms with Gasteiger partial charge >= 0.3 is 13.8 Å². The van der Waals surface area contributed by atoms with E-state index in [-0.39, 0.29) is 11.3 Å². The highest BCUT2D eigenvalue weighted by atomic mass is 31.2. The number of ketones is 1. The third-order valence-electron chi connectivity index (χ3n) is 3.89. The Bertz CT molecular complexity index is 872. The molecule has 0 aromatic heterocycles. The van der Waals surface area contributed by atoms with E-state index in [4.69, 9.17) is 4.52 Å². The summed E-state index contributed by atoms with van der Waals surface area (Å²) in [4.78, 5) is 34.4. The van der Waals surface area contributed by atoms with Crippen molar-refractivity contribution in [2.24, 2.45) is 0 Å². The smallest absolute Gasteiger partial charge is 0.315 e. The van der Waals surface area contributed by atoms with Crippen molar-refractivity contribution in [3.8, 4) is 11.6 Å². The van der Waals surface area contributed by atoms with Gasteiger partial charge in [-0.25, -0.2) is 4.57 Å². The van der Waals surface area contributed by atoms with Crippen molar-refractivity contribution in [2.75, 3.05) is 11.4 Å². The van der Waals surface area contributed by atoms with E-state index in [1.165, 1.54) is 0 Å². The van der Waals surface area contributed by atoms with Crippen molar-refractivity contribution in [1.82, 2.24) is 0 Å². The summed E-state index contributed by atoms with van der Waals surface area (Å²) in [5, 5.41) is 0. The number of halogens is 3. The predicted octanol–water partition coefficient (Wildman–Crippen LogP) is 3.13. The second-order valence-corrected chi connectivity index (χ2v) is 7.44. The lowest BCUT2D eigenvalue weighted by Gasteiger charge is -2.27. The maximum Gasteiger partial charge on any atom is 0.416 e. The summed E-state index contributed by atoms with van der Waals surface area (Å²) in [7, 11) is -4.22. The monoisotopic (exact) mass is 403 g/mol. The molecule has 0 aliphatic carbocycles. The lowest BCUT2D eigenvalue weighted by molar-refractivity contribution is -0.138. The van der Waals surface area contributed by atoms with Crippen LogP contribution >= 0.6 is 7.60 Å². The number of Topliss-reactive ketones (excluding diaryl/α,β-unsaturated/α-hetero) is 1. The highest BCUT2D eigenvalue weighted by Crippen LogP contribution is 2.42. The quantitative estimate of drug-likeness (QED) is 0.475. The fourth-order valence-corrected chi connectivity index (χ4v) is 3.35. The number of benzene rings is 1. The number of amides is 1. The zero-order valence-electron chi connectivity index (χ0n) is 14.5. The summed E-state index contributed by atoms with van der Waals surface area (Å²) in [6, 6.07) is 2.69. The maximum atomic E-state index is 12.8. The normalized spacial score (nSPS) is 17.6. The zero-order chi connectivity index (χ0) is 20.4. The van der Waals surface area contributed by atoms with Crippen LogP contribution in [0.4, 0.5) is 18.9 Å². The lowest BCUT2D eigenvalue weighted by Crippen LogP contribution is -2.42. The van der Waals surface area contributed by atoms with E-state index in [1.807, 2.05) is 5.66 Å². The average molecular weight is 403 g/mol. The number of nitrogens with zero attached hydrogens (tertiary/aromatic N) is 1. The van der Waals surface area contributed by atoms with Crippen LogP contribution in [0.25, 0.3) is 0 Å². The number of alkyl halides is 3. The minimum Gasteiger partial charge on any atom is -0.315 e. The van der Waals surface area contributed by atoms with Crippen molar-refractivity contribution < 1.29 is 36.7 Å². The largest absolute Gasteiger partial charge is 0.416 e. The van der Waals surface area contributed by atoms with Gasteiger partial charge in [0, 0.05) is 17.8 Å². The third kappa shape index (κ3) is 5.19. The van der Waals surface area contributed by atoms with Crippen molar-refractivity contribution in [3.05, 3.63) is 29.3 Å². The summed E-state index contributed by atoms with van der Waals surface area (Å²) in [6.07, 6.45) is -5.05. The first kappa shape index (κ1) is 21.2. The van der Waals surface area contributed by atoms with E-state index >= 15 is 0 Å². The maximum absolute atomic E-state index is 12.8. The number of carbonyl (C=O) groups excluding carboxylic acids is 2. The summed E-state index contributed by atoms with van der Waals surface area (Å²) in [5.41, 5.74) is 1.24. The highest BCUT2D eigenvalue weighted by Gasteiger charge is 2.35. The van der Waals surface area contributed by atoms with E-state index in [0.717, 1.165) is 23.1 Å². The van der Waals surface area contributed by atoms with Crippen molar-refractivity contribution >= 4 is 25.0 Å². The molecule has 1 aliphatic rings. The molecule has 146 valence electrons. The molecular weight excluding hydrogens is 386 g/mol.